The summed E-state index contributed by atoms with van der Waals surface area (Å²) in [6.45, 7) is 0. The summed E-state index contributed by atoms with van der Waals surface area (Å²) >= 11 is 0. The van der Waals surface area contributed by atoms with Crippen molar-refractivity contribution in [2.75, 3.05) is 0 Å². The van der Waals surface area contributed by atoms with Crippen molar-refractivity contribution < 1.29 is 19.1 Å². The van der Waals surface area contributed by atoms with Gasteiger partial charge in [0.15, 0.2) is 0 Å². The number of carbonyl (C=O) groups is 2. The molecular formula is C16H18FNO3. The van der Waals surface area contributed by atoms with E-state index in [9.17, 15) is 14.0 Å². The van der Waals surface area contributed by atoms with Gasteiger partial charge in [-0.2, -0.15) is 0 Å². The van der Waals surface area contributed by atoms with Crippen LogP contribution in [0.1, 0.15) is 31.2 Å². The molecule has 1 saturated carbocycles. The number of carboxylic acid groups (broad SMARTS) is 1. The minimum absolute atomic E-state index is 0.127. The Kier molecular flexibility index (Phi) is 5.09. The molecular weight excluding hydrogens is 273 g/mol. The molecule has 0 aromatic heterocycles. The lowest BCUT2D eigenvalue weighted by atomic mass is 9.86. The third-order valence-corrected chi connectivity index (χ3v) is 3.69. The maximum atomic E-state index is 13.4. The molecule has 1 fully saturated rings. The number of aliphatic carboxylic acids is 1. The summed E-state index contributed by atoms with van der Waals surface area (Å²) in [5.41, 5.74) is 0.347. The molecule has 2 rings (SSSR count). The van der Waals surface area contributed by atoms with Crippen molar-refractivity contribution in [3.8, 4) is 0 Å². The Balaban J connectivity index is 1.90. The number of hydrogen-bond donors (Lipinski definition) is 2. The SMILES string of the molecule is O=C(C=Cc1ccccc1F)NC1CCCC(C(=O)O)C1. The van der Waals surface area contributed by atoms with Gasteiger partial charge in [-0.05, 0) is 31.4 Å². The Morgan fingerprint density at radius 1 is 1.29 bits per heavy atom. The highest BCUT2D eigenvalue weighted by Crippen LogP contribution is 2.24. The Morgan fingerprint density at radius 3 is 2.76 bits per heavy atom. The lowest BCUT2D eigenvalue weighted by Crippen LogP contribution is -2.39. The first-order valence-electron chi connectivity index (χ1n) is 7.02. The highest BCUT2D eigenvalue weighted by atomic mass is 19.1. The van der Waals surface area contributed by atoms with Crippen LogP contribution < -0.4 is 5.32 Å². The predicted octanol–water partition coefficient (Wildman–Crippen LogP) is 2.60. The van der Waals surface area contributed by atoms with Gasteiger partial charge in [0, 0.05) is 17.7 Å². The summed E-state index contributed by atoms with van der Waals surface area (Å²) in [6, 6.07) is 6.06. The molecule has 2 unspecified atom stereocenters. The molecule has 0 radical (unpaired) electrons. The van der Waals surface area contributed by atoms with E-state index >= 15 is 0 Å². The van der Waals surface area contributed by atoms with E-state index in [4.69, 9.17) is 5.11 Å². The highest BCUT2D eigenvalue weighted by molar-refractivity contribution is 5.92. The van der Waals surface area contributed by atoms with Crippen LogP contribution in [0.25, 0.3) is 6.08 Å². The highest BCUT2D eigenvalue weighted by Gasteiger charge is 2.27. The van der Waals surface area contributed by atoms with Crippen LogP contribution in [0.5, 0.6) is 0 Å². The quantitative estimate of drug-likeness (QED) is 0.838. The largest absolute Gasteiger partial charge is 0.481 e. The van der Waals surface area contributed by atoms with E-state index in [-0.39, 0.29) is 23.7 Å². The number of amides is 1. The van der Waals surface area contributed by atoms with Crippen molar-refractivity contribution in [2.45, 2.75) is 31.7 Å². The van der Waals surface area contributed by atoms with Crippen LogP contribution in [-0.4, -0.2) is 23.0 Å². The molecule has 112 valence electrons. The molecule has 0 spiro atoms. The number of hydrogen-bond acceptors (Lipinski definition) is 2. The fourth-order valence-electron chi connectivity index (χ4n) is 2.57. The average Bonchev–Trinajstić information content (AvgIpc) is 2.46. The molecule has 1 aromatic carbocycles. The first kappa shape index (κ1) is 15.2. The van der Waals surface area contributed by atoms with Crippen LogP contribution in [0.3, 0.4) is 0 Å². The fourth-order valence-corrected chi connectivity index (χ4v) is 2.57. The number of rotatable bonds is 4. The van der Waals surface area contributed by atoms with E-state index in [0.717, 1.165) is 12.8 Å². The van der Waals surface area contributed by atoms with Crippen molar-refractivity contribution >= 4 is 18.0 Å². The predicted molar refractivity (Wildman–Crippen MR) is 77.0 cm³/mol. The Morgan fingerprint density at radius 2 is 2.05 bits per heavy atom. The van der Waals surface area contributed by atoms with Crippen molar-refractivity contribution in [2.24, 2.45) is 5.92 Å². The van der Waals surface area contributed by atoms with E-state index in [2.05, 4.69) is 5.32 Å². The zero-order chi connectivity index (χ0) is 15.2. The summed E-state index contributed by atoms with van der Waals surface area (Å²) < 4.78 is 13.4. The summed E-state index contributed by atoms with van der Waals surface area (Å²) in [7, 11) is 0. The molecule has 0 bridgehead atoms. The Bertz CT molecular complexity index is 556. The Hall–Kier alpha value is -2.17. The molecule has 0 aliphatic heterocycles. The monoisotopic (exact) mass is 291 g/mol. The molecule has 2 atom stereocenters. The smallest absolute Gasteiger partial charge is 0.306 e. The first-order valence-corrected chi connectivity index (χ1v) is 7.02. The third-order valence-electron chi connectivity index (χ3n) is 3.69. The molecule has 1 aromatic rings. The molecule has 5 heteroatoms. The van der Waals surface area contributed by atoms with Gasteiger partial charge in [0.1, 0.15) is 5.82 Å². The van der Waals surface area contributed by atoms with E-state index in [0.29, 0.717) is 18.4 Å². The van der Waals surface area contributed by atoms with Gasteiger partial charge in [0.05, 0.1) is 5.92 Å². The van der Waals surface area contributed by atoms with E-state index in [1.165, 1.54) is 18.2 Å². The fraction of sp³-hybridized carbons (Fsp3) is 0.375. The molecule has 2 N–H and O–H groups in total. The van der Waals surface area contributed by atoms with Crippen LogP contribution in [0, 0.1) is 11.7 Å². The zero-order valence-electron chi connectivity index (χ0n) is 11.6. The maximum absolute atomic E-state index is 13.4. The second-order valence-electron chi connectivity index (χ2n) is 5.26. The lowest BCUT2D eigenvalue weighted by Gasteiger charge is -2.26. The number of halogens is 1. The van der Waals surface area contributed by atoms with Gasteiger partial charge in [-0.3, -0.25) is 9.59 Å². The van der Waals surface area contributed by atoms with Crippen molar-refractivity contribution in [1.29, 1.82) is 0 Å². The van der Waals surface area contributed by atoms with Gasteiger partial charge in [-0.1, -0.05) is 24.6 Å². The van der Waals surface area contributed by atoms with E-state index in [1.807, 2.05) is 0 Å². The van der Waals surface area contributed by atoms with Crippen molar-refractivity contribution in [3.05, 3.63) is 41.7 Å². The minimum Gasteiger partial charge on any atom is -0.481 e. The van der Waals surface area contributed by atoms with Crippen molar-refractivity contribution in [3.63, 3.8) is 0 Å². The van der Waals surface area contributed by atoms with E-state index < -0.39 is 5.97 Å². The van der Waals surface area contributed by atoms with Crippen LogP contribution >= 0.6 is 0 Å². The second-order valence-corrected chi connectivity index (χ2v) is 5.26. The Labute approximate surface area is 122 Å². The standard InChI is InChI=1S/C16H18FNO3/c17-14-7-2-1-4-11(14)8-9-15(19)18-13-6-3-5-12(10-13)16(20)21/h1-2,4,7-9,12-13H,3,5-6,10H2,(H,18,19)(H,20,21). The molecule has 4 nitrogen and oxygen atoms in total. The van der Waals surface area contributed by atoms with Crippen LogP contribution in [0.2, 0.25) is 0 Å². The van der Waals surface area contributed by atoms with Gasteiger partial charge in [0.25, 0.3) is 0 Å². The number of carboxylic acids is 1. The molecule has 0 saturated heterocycles. The number of nitrogens with one attached hydrogen (secondary N) is 1. The molecule has 1 aliphatic rings. The maximum Gasteiger partial charge on any atom is 0.306 e. The van der Waals surface area contributed by atoms with Gasteiger partial charge in [0.2, 0.25) is 5.91 Å². The molecule has 1 aliphatic carbocycles. The van der Waals surface area contributed by atoms with Crippen LogP contribution in [0.15, 0.2) is 30.3 Å². The van der Waals surface area contributed by atoms with Gasteiger partial charge >= 0.3 is 5.97 Å². The summed E-state index contributed by atoms with van der Waals surface area (Å²) in [6.07, 6.45) is 5.38. The minimum atomic E-state index is -0.809. The van der Waals surface area contributed by atoms with Crippen LogP contribution in [-0.2, 0) is 9.59 Å². The summed E-state index contributed by atoms with van der Waals surface area (Å²) in [5.74, 6) is -1.91. The topological polar surface area (TPSA) is 66.4 Å². The molecule has 21 heavy (non-hydrogen) atoms. The summed E-state index contributed by atoms with van der Waals surface area (Å²) in [5, 5.41) is 11.8. The molecule has 1 amide bonds. The second kappa shape index (κ2) is 7.02. The summed E-state index contributed by atoms with van der Waals surface area (Å²) in [4.78, 5) is 22.8. The number of carbonyl (C=O) groups excluding carboxylic acids is 1. The van der Waals surface area contributed by atoms with Crippen molar-refractivity contribution in [1.82, 2.24) is 5.32 Å². The van der Waals surface area contributed by atoms with Gasteiger partial charge in [-0.15, -0.1) is 0 Å². The third kappa shape index (κ3) is 4.41. The zero-order valence-corrected chi connectivity index (χ0v) is 11.6. The normalized spacial score (nSPS) is 22.1. The molecule has 0 heterocycles. The first-order chi connectivity index (χ1) is 10.1. The van der Waals surface area contributed by atoms with Gasteiger partial charge in [-0.25, -0.2) is 4.39 Å². The average molecular weight is 291 g/mol. The van der Waals surface area contributed by atoms with Gasteiger partial charge < -0.3 is 10.4 Å². The van der Waals surface area contributed by atoms with E-state index in [1.54, 1.807) is 18.2 Å². The number of benzene rings is 1. The van der Waals surface area contributed by atoms with Crippen LogP contribution in [0.4, 0.5) is 4.39 Å². The lowest BCUT2D eigenvalue weighted by molar-refractivity contribution is -0.143.